The van der Waals surface area contributed by atoms with Crippen molar-refractivity contribution in [1.29, 1.82) is 0 Å². The summed E-state index contributed by atoms with van der Waals surface area (Å²) in [7, 11) is 1.36. The molecule has 0 bridgehead atoms. The lowest BCUT2D eigenvalue weighted by Gasteiger charge is -2.26. The number of rotatable bonds is 2. The van der Waals surface area contributed by atoms with E-state index in [0.717, 1.165) is 34.3 Å². The minimum atomic E-state index is -0.374. The van der Waals surface area contributed by atoms with Crippen LogP contribution in [0, 0.1) is 6.92 Å². The number of aromatic amines is 2. The zero-order valence-electron chi connectivity index (χ0n) is 14.4. The number of ether oxygens (including phenoxy) is 1. The maximum atomic E-state index is 12.9. The third-order valence-electron chi connectivity index (χ3n) is 4.76. The number of carbonyl (C=O) groups is 2. The maximum absolute atomic E-state index is 12.9. The lowest BCUT2D eigenvalue weighted by molar-refractivity contribution is 0.0600. The second-order valence-electron chi connectivity index (χ2n) is 6.32. The molecule has 1 aliphatic heterocycles. The number of benzene rings is 1. The monoisotopic (exact) mass is 416 g/mol. The molecule has 0 aliphatic carbocycles. The predicted octanol–water partition coefficient (Wildman–Crippen LogP) is 2.95. The van der Waals surface area contributed by atoms with Gasteiger partial charge < -0.3 is 14.6 Å². The Morgan fingerprint density at radius 2 is 2.15 bits per heavy atom. The highest BCUT2D eigenvalue weighted by Gasteiger charge is 2.28. The summed E-state index contributed by atoms with van der Waals surface area (Å²) in [6, 6.07) is 5.43. The molecule has 3 heterocycles. The Kier molecular flexibility index (Phi) is 4.07. The quantitative estimate of drug-likeness (QED) is 0.628. The van der Waals surface area contributed by atoms with Crippen molar-refractivity contribution in [1.82, 2.24) is 20.1 Å². The van der Waals surface area contributed by atoms with Crippen LogP contribution in [-0.2, 0) is 17.7 Å². The lowest BCUT2D eigenvalue weighted by atomic mass is 10.0. The first-order valence-electron chi connectivity index (χ1n) is 8.21. The summed E-state index contributed by atoms with van der Waals surface area (Å²) in [6.45, 7) is 2.94. The van der Waals surface area contributed by atoms with Crippen molar-refractivity contribution in [3.05, 3.63) is 50.9 Å². The number of aryl methyl sites for hydroxylation is 1. The number of esters is 1. The molecule has 7 nitrogen and oxygen atoms in total. The van der Waals surface area contributed by atoms with Gasteiger partial charge in [0.1, 0.15) is 0 Å². The molecule has 26 heavy (non-hydrogen) atoms. The molecule has 2 aromatic heterocycles. The van der Waals surface area contributed by atoms with E-state index < -0.39 is 0 Å². The van der Waals surface area contributed by atoms with E-state index in [2.05, 4.69) is 31.1 Å². The molecule has 0 saturated carbocycles. The number of nitrogens with one attached hydrogen (secondary N) is 2. The van der Waals surface area contributed by atoms with Gasteiger partial charge in [-0.2, -0.15) is 5.10 Å². The largest absolute Gasteiger partial charge is 0.465 e. The Labute approximate surface area is 157 Å². The first-order chi connectivity index (χ1) is 12.5. The summed E-state index contributed by atoms with van der Waals surface area (Å²) >= 11 is 3.42. The molecule has 1 aliphatic rings. The summed E-state index contributed by atoms with van der Waals surface area (Å²) < 4.78 is 5.50. The zero-order chi connectivity index (χ0) is 18.4. The molecule has 0 saturated heterocycles. The Bertz CT molecular complexity index is 1040. The van der Waals surface area contributed by atoms with E-state index in [-0.39, 0.29) is 11.9 Å². The fraction of sp³-hybridized carbons (Fsp3) is 0.278. The number of hydrogen-bond acceptors (Lipinski definition) is 4. The van der Waals surface area contributed by atoms with Crippen LogP contribution >= 0.6 is 15.9 Å². The number of carbonyl (C=O) groups excluding carboxylic acids is 2. The Balaban J connectivity index is 1.70. The highest BCUT2D eigenvalue weighted by Crippen LogP contribution is 2.30. The molecule has 4 rings (SSSR count). The number of aromatic nitrogens is 3. The van der Waals surface area contributed by atoms with E-state index in [1.165, 1.54) is 7.11 Å². The van der Waals surface area contributed by atoms with E-state index in [9.17, 15) is 9.59 Å². The summed E-state index contributed by atoms with van der Waals surface area (Å²) in [4.78, 5) is 29.9. The maximum Gasteiger partial charge on any atom is 0.337 e. The lowest BCUT2D eigenvalue weighted by Crippen LogP contribution is -2.36. The summed E-state index contributed by atoms with van der Waals surface area (Å²) in [5, 5.41) is 7.88. The molecule has 2 N–H and O–H groups in total. The van der Waals surface area contributed by atoms with Crippen molar-refractivity contribution in [2.24, 2.45) is 0 Å². The van der Waals surface area contributed by atoms with E-state index in [0.29, 0.717) is 28.8 Å². The van der Waals surface area contributed by atoms with Gasteiger partial charge in [-0.25, -0.2) is 4.79 Å². The molecule has 8 heteroatoms. The minimum Gasteiger partial charge on any atom is -0.465 e. The van der Waals surface area contributed by atoms with E-state index >= 15 is 0 Å². The van der Waals surface area contributed by atoms with Gasteiger partial charge in [-0.1, -0.05) is 0 Å². The number of H-pyrrole nitrogens is 2. The number of hydrogen-bond donors (Lipinski definition) is 2. The molecule has 0 atom stereocenters. The number of halogens is 1. The highest BCUT2D eigenvalue weighted by molar-refractivity contribution is 9.10. The molecule has 0 radical (unpaired) electrons. The Morgan fingerprint density at radius 3 is 2.85 bits per heavy atom. The number of fused-ring (bicyclic) bond motifs is 3. The molecule has 0 fully saturated rings. The molecule has 3 aromatic rings. The normalized spacial score (nSPS) is 13.7. The van der Waals surface area contributed by atoms with Crippen LogP contribution in [0.3, 0.4) is 0 Å². The van der Waals surface area contributed by atoms with Gasteiger partial charge in [0.05, 0.1) is 17.1 Å². The third kappa shape index (κ3) is 2.61. The van der Waals surface area contributed by atoms with Gasteiger partial charge in [0.2, 0.25) is 0 Å². The van der Waals surface area contributed by atoms with Gasteiger partial charge >= 0.3 is 5.97 Å². The zero-order valence-corrected chi connectivity index (χ0v) is 15.9. The van der Waals surface area contributed by atoms with Crippen LogP contribution in [0.5, 0.6) is 0 Å². The summed E-state index contributed by atoms with van der Waals surface area (Å²) in [5.74, 6) is -0.494. The summed E-state index contributed by atoms with van der Waals surface area (Å²) in [6.07, 6.45) is 0.727. The van der Waals surface area contributed by atoms with E-state index in [1.807, 2.05) is 19.1 Å². The SMILES string of the molecule is COC(=O)c1ccc2[nH]c3c(c2c1)CN(C(=O)c1n[nH]c(C)c1Br)CC3. The number of nitrogens with zero attached hydrogens (tertiary/aromatic N) is 2. The molecule has 1 aromatic carbocycles. The predicted molar refractivity (Wildman–Crippen MR) is 99.1 cm³/mol. The van der Waals surface area contributed by atoms with Crippen LogP contribution in [0.4, 0.5) is 0 Å². The van der Waals surface area contributed by atoms with Gasteiger partial charge in [0.15, 0.2) is 5.69 Å². The van der Waals surface area contributed by atoms with Gasteiger partial charge in [-0.3, -0.25) is 9.89 Å². The van der Waals surface area contributed by atoms with Crippen LogP contribution in [0.2, 0.25) is 0 Å². The van der Waals surface area contributed by atoms with Crippen LogP contribution in [-0.4, -0.2) is 45.6 Å². The number of amides is 1. The molecular weight excluding hydrogens is 400 g/mol. The van der Waals surface area contributed by atoms with E-state index in [1.54, 1.807) is 11.0 Å². The van der Waals surface area contributed by atoms with Crippen LogP contribution < -0.4 is 0 Å². The van der Waals surface area contributed by atoms with Crippen molar-refractivity contribution < 1.29 is 14.3 Å². The second-order valence-corrected chi connectivity index (χ2v) is 7.11. The van der Waals surface area contributed by atoms with Crippen LogP contribution in [0.25, 0.3) is 10.9 Å². The standard InChI is InChI=1S/C18H17BrN4O3/c1-9-15(19)16(22-21-9)17(24)23-6-5-14-12(8-23)11-7-10(18(25)26-2)3-4-13(11)20-14/h3-4,7,20H,5-6,8H2,1-2H3,(H,21,22). The van der Waals surface area contributed by atoms with E-state index in [4.69, 9.17) is 4.74 Å². The number of methoxy groups -OCH3 is 1. The van der Waals surface area contributed by atoms with Gasteiger partial charge in [-0.15, -0.1) is 0 Å². The van der Waals surface area contributed by atoms with Gasteiger partial charge in [0, 0.05) is 47.4 Å². The first-order valence-corrected chi connectivity index (χ1v) is 9.00. The molecule has 1 amide bonds. The highest BCUT2D eigenvalue weighted by atomic mass is 79.9. The Morgan fingerprint density at radius 1 is 1.35 bits per heavy atom. The topological polar surface area (TPSA) is 91.1 Å². The minimum absolute atomic E-state index is 0.120. The smallest absolute Gasteiger partial charge is 0.337 e. The fourth-order valence-corrected chi connectivity index (χ4v) is 3.69. The first kappa shape index (κ1) is 16.8. The second kappa shape index (κ2) is 6.28. The third-order valence-corrected chi connectivity index (χ3v) is 5.73. The van der Waals surface area contributed by atoms with Crippen LogP contribution in [0.15, 0.2) is 22.7 Å². The molecular formula is C18H17BrN4O3. The van der Waals surface area contributed by atoms with Crippen molar-refractivity contribution in [3.8, 4) is 0 Å². The van der Waals surface area contributed by atoms with Crippen molar-refractivity contribution >= 4 is 38.7 Å². The Hall–Kier alpha value is -2.61. The van der Waals surface area contributed by atoms with Crippen molar-refractivity contribution in [3.63, 3.8) is 0 Å². The average molecular weight is 417 g/mol. The van der Waals surface area contributed by atoms with Crippen LogP contribution in [0.1, 0.15) is 37.8 Å². The molecule has 0 unspecified atom stereocenters. The average Bonchev–Trinajstić information content (AvgIpc) is 3.19. The molecule has 134 valence electrons. The van der Waals surface area contributed by atoms with Gasteiger partial charge in [0.25, 0.3) is 5.91 Å². The van der Waals surface area contributed by atoms with Crippen molar-refractivity contribution in [2.45, 2.75) is 19.9 Å². The van der Waals surface area contributed by atoms with Crippen molar-refractivity contribution in [2.75, 3.05) is 13.7 Å². The van der Waals surface area contributed by atoms with Gasteiger partial charge in [-0.05, 0) is 41.1 Å². The molecule has 0 spiro atoms. The summed E-state index contributed by atoms with van der Waals surface area (Å²) in [5.41, 5.74) is 4.80. The fourth-order valence-electron chi connectivity index (χ4n) is 3.34.